The molecule has 0 bridgehead atoms. The summed E-state index contributed by atoms with van der Waals surface area (Å²) in [6.45, 7) is 5.43. The average Bonchev–Trinajstić information content (AvgIpc) is 2.69. The summed E-state index contributed by atoms with van der Waals surface area (Å²) in [4.78, 5) is 23.9. The number of nitrogens with one attached hydrogen (secondary N) is 1. The first kappa shape index (κ1) is 15.0. The van der Waals surface area contributed by atoms with Crippen LogP contribution in [0.15, 0.2) is 41.0 Å². The molecule has 0 saturated carbocycles. The van der Waals surface area contributed by atoms with Gasteiger partial charge in [0.05, 0.1) is 6.21 Å². The average molecular weight is 285 g/mol. The van der Waals surface area contributed by atoms with E-state index >= 15 is 0 Å². The van der Waals surface area contributed by atoms with E-state index < -0.39 is 11.6 Å². The van der Waals surface area contributed by atoms with Gasteiger partial charge in [-0.15, -0.1) is 5.01 Å². The molecule has 1 aromatic rings. The second kappa shape index (κ2) is 5.91. The number of imide groups is 1. The van der Waals surface area contributed by atoms with E-state index in [-0.39, 0.29) is 5.91 Å². The van der Waals surface area contributed by atoms with Crippen LogP contribution in [0.5, 0.6) is 0 Å². The lowest BCUT2D eigenvalue weighted by Crippen LogP contribution is -2.42. The van der Waals surface area contributed by atoms with Gasteiger partial charge in [0.25, 0.3) is 5.91 Å². The second-order valence-corrected chi connectivity index (χ2v) is 5.28. The number of urea groups is 1. The van der Waals surface area contributed by atoms with Crippen molar-refractivity contribution in [2.45, 2.75) is 32.7 Å². The maximum absolute atomic E-state index is 12.1. The molecule has 5 nitrogen and oxygen atoms in total. The van der Waals surface area contributed by atoms with Crippen LogP contribution >= 0.6 is 0 Å². The first-order valence-electron chi connectivity index (χ1n) is 6.90. The van der Waals surface area contributed by atoms with Gasteiger partial charge in [-0.3, -0.25) is 4.79 Å². The lowest BCUT2D eigenvalue weighted by molar-refractivity contribution is -0.130. The molecule has 5 heteroatoms. The molecule has 1 saturated heterocycles. The van der Waals surface area contributed by atoms with Gasteiger partial charge in [0.15, 0.2) is 0 Å². The first-order valence-corrected chi connectivity index (χ1v) is 6.90. The Bertz CT molecular complexity index is 607. The number of carbonyl (C=O) groups is 2. The van der Waals surface area contributed by atoms with E-state index in [2.05, 4.69) is 10.4 Å². The SMILES string of the molecule is CC[C@@]1(C)NC(=O)N(/N=C\C(C)=C\c2ccccc2)C1=O. The maximum atomic E-state index is 12.1. The molecule has 1 atom stereocenters. The number of amides is 3. The summed E-state index contributed by atoms with van der Waals surface area (Å²) in [6, 6.07) is 9.30. The molecule has 2 rings (SSSR count). The zero-order valence-corrected chi connectivity index (χ0v) is 12.5. The van der Waals surface area contributed by atoms with Crippen LogP contribution in [0.2, 0.25) is 0 Å². The third-order valence-electron chi connectivity index (χ3n) is 3.52. The number of carbonyl (C=O) groups excluding carboxylic acids is 2. The molecule has 1 fully saturated rings. The molecule has 0 aliphatic carbocycles. The third-order valence-corrected chi connectivity index (χ3v) is 3.52. The number of rotatable bonds is 4. The molecule has 1 aliphatic heterocycles. The summed E-state index contributed by atoms with van der Waals surface area (Å²) in [5.74, 6) is -0.321. The summed E-state index contributed by atoms with van der Waals surface area (Å²) in [6.07, 6.45) is 3.98. The summed E-state index contributed by atoms with van der Waals surface area (Å²) >= 11 is 0. The molecule has 1 N–H and O–H groups in total. The quantitative estimate of drug-likeness (QED) is 0.683. The molecule has 1 aromatic carbocycles. The van der Waals surface area contributed by atoms with Crippen LogP contribution in [0.4, 0.5) is 4.79 Å². The van der Waals surface area contributed by atoms with Crippen molar-refractivity contribution in [3.05, 3.63) is 41.5 Å². The van der Waals surface area contributed by atoms with E-state index in [4.69, 9.17) is 0 Å². The van der Waals surface area contributed by atoms with E-state index in [9.17, 15) is 9.59 Å². The predicted molar refractivity (Wildman–Crippen MR) is 82.7 cm³/mol. The molecule has 0 aromatic heterocycles. The second-order valence-electron chi connectivity index (χ2n) is 5.28. The fourth-order valence-electron chi connectivity index (χ4n) is 2.01. The molecular formula is C16H19N3O2. The number of hydrazone groups is 1. The smallest absolute Gasteiger partial charge is 0.322 e. The van der Waals surface area contributed by atoms with E-state index in [0.717, 1.165) is 16.1 Å². The Morgan fingerprint density at radius 1 is 1.33 bits per heavy atom. The zero-order chi connectivity index (χ0) is 15.5. The van der Waals surface area contributed by atoms with Crippen molar-refractivity contribution in [1.82, 2.24) is 10.3 Å². The summed E-state index contributed by atoms with van der Waals surface area (Å²) in [5, 5.41) is 7.56. The number of hydrogen-bond acceptors (Lipinski definition) is 3. The van der Waals surface area contributed by atoms with Gasteiger partial charge < -0.3 is 5.32 Å². The largest absolute Gasteiger partial charge is 0.346 e. The number of benzene rings is 1. The highest BCUT2D eigenvalue weighted by atomic mass is 16.2. The molecule has 110 valence electrons. The maximum Gasteiger partial charge on any atom is 0.346 e. The summed E-state index contributed by atoms with van der Waals surface area (Å²) < 4.78 is 0. The van der Waals surface area contributed by atoms with Gasteiger partial charge in [0.2, 0.25) is 0 Å². The van der Waals surface area contributed by atoms with E-state index in [1.54, 1.807) is 6.92 Å². The molecule has 1 aliphatic rings. The minimum absolute atomic E-state index is 0.321. The lowest BCUT2D eigenvalue weighted by atomic mass is 10.00. The highest BCUT2D eigenvalue weighted by Crippen LogP contribution is 2.20. The van der Waals surface area contributed by atoms with Crippen molar-refractivity contribution >= 4 is 24.2 Å². The standard InChI is InChI=1S/C16H19N3O2/c1-4-16(3)14(20)19(15(21)18-16)17-11-12(2)10-13-8-6-5-7-9-13/h5-11H,4H2,1-3H3,(H,18,21)/b12-10+,17-11-/t16-/m1/s1. The van der Waals surface area contributed by atoms with Gasteiger partial charge in [0, 0.05) is 0 Å². The topological polar surface area (TPSA) is 61.8 Å². The van der Waals surface area contributed by atoms with Crippen molar-refractivity contribution in [3.8, 4) is 0 Å². The predicted octanol–water partition coefficient (Wildman–Crippen LogP) is 2.80. The van der Waals surface area contributed by atoms with Crippen LogP contribution in [-0.4, -0.2) is 28.7 Å². The fraction of sp³-hybridized carbons (Fsp3) is 0.312. The van der Waals surface area contributed by atoms with Crippen molar-refractivity contribution in [2.24, 2.45) is 5.10 Å². The Morgan fingerprint density at radius 3 is 2.57 bits per heavy atom. The van der Waals surface area contributed by atoms with Crippen LogP contribution in [-0.2, 0) is 4.79 Å². The minimum Gasteiger partial charge on any atom is -0.322 e. The molecular weight excluding hydrogens is 266 g/mol. The molecule has 3 amide bonds. The van der Waals surface area contributed by atoms with Gasteiger partial charge in [-0.05, 0) is 31.4 Å². The Labute approximate surface area is 124 Å². The number of hydrogen-bond donors (Lipinski definition) is 1. The Kier molecular flexibility index (Phi) is 4.21. The monoisotopic (exact) mass is 285 g/mol. The van der Waals surface area contributed by atoms with Crippen LogP contribution < -0.4 is 5.32 Å². The van der Waals surface area contributed by atoms with Crippen LogP contribution in [0.3, 0.4) is 0 Å². The van der Waals surface area contributed by atoms with E-state index in [1.165, 1.54) is 6.21 Å². The normalized spacial score (nSPS) is 23.0. The number of nitrogens with zero attached hydrogens (tertiary/aromatic N) is 2. The molecule has 1 heterocycles. The minimum atomic E-state index is -0.856. The molecule has 0 spiro atoms. The van der Waals surface area contributed by atoms with Crippen molar-refractivity contribution < 1.29 is 9.59 Å². The van der Waals surface area contributed by atoms with Gasteiger partial charge in [-0.2, -0.15) is 5.10 Å². The third kappa shape index (κ3) is 3.18. The Hall–Kier alpha value is -2.43. The van der Waals surface area contributed by atoms with Gasteiger partial charge in [-0.1, -0.05) is 43.3 Å². The Balaban J connectivity index is 2.13. The molecule has 21 heavy (non-hydrogen) atoms. The van der Waals surface area contributed by atoms with Gasteiger partial charge in [-0.25, -0.2) is 4.79 Å². The van der Waals surface area contributed by atoms with Crippen molar-refractivity contribution in [2.75, 3.05) is 0 Å². The van der Waals surface area contributed by atoms with Gasteiger partial charge in [0.1, 0.15) is 5.54 Å². The highest BCUT2D eigenvalue weighted by Gasteiger charge is 2.46. The zero-order valence-electron chi connectivity index (χ0n) is 12.5. The molecule has 0 unspecified atom stereocenters. The van der Waals surface area contributed by atoms with E-state index in [1.807, 2.05) is 50.3 Å². The lowest BCUT2D eigenvalue weighted by Gasteiger charge is -2.17. The van der Waals surface area contributed by atoms with Crippen molar-refractivity contribution in [1.29, 1.82) is 0 Å². The van der Waals surface area contributed by atoms with Crippen LogP contribution in [0.1, 0.15) is 32.8 Å². The first-order chi connectivity index (χ1) is 9.96. The summed E-state index contributed by atoms with van der Waals surface area (Å²) in [5.41, 5.74) is 1.04. The van der Waals surface area contributed by atoms with Crippen molar-refractivity contribution in [3.63, 3.8) is 0 Å². The van der Waals surface area contributed by atoms with Crippen LogP contribution in [0, 0.1) is 0 Å². The Morgan fingerprint density at radius 2 is 2.00 bits per heavy atom. The van der Waals surface area contributed by atoms with E-state index in [0.29, 0.717) is 6.42 Å². The molecule has 0 radical (unpaired) electrons. The number of allylic oxidation sites excluding steroid dienone is 1. The summed E-state index contributed by atoms with van der Waals surface area (Å²) in [7, 11) is 0. The van der Waals surface area contributed by atoms with Crippen LogP contribution in [0.25, 0.3) is 6.08 Å². The van der Waals surface area contributed by atoms with Gasteiger partial charge >= 0.3 is 6.03 Å². The fourth-order valence-corrected chi connectivity index (χ4v) is 2.01. The highest BCUT2D eigenvalue weighted by molar-refractivity contribution is 6.07.